The molecule has 1 rings (SSSR count). The summed E-state index contributed by atoms with van der Waals surface area (Å²) in [7, 11) is 0. The van der Waals surface area contributed by atoms with Crippen molar-refractivity contribution < 1.29 is 4.79 Å². The third-order valence-electron chi connectivity index (χ3n) is 2.80. The number of hydrogen-bond donors (Lipinski definition) is 2. The lowest BCUT2D eigenvalue weighted by atomic mass is 9.90. The minimum Gasteiger partial charge on any atom is -0.370 e. The second-order valence-corrected chi connectivity index (χ2v) is 4.78. The van der Waals surface area contributed by atoms with E-state index in [2.05, 4.69) is 19.2 Å². The van der Waals surface area contributed by atoms with E-state index in [-0.39, 0.29) is 11.4 Å². The fraction of sp³-hybridized carbons (Fsp3) is 0.909. The van der Waals surface area contributed by atoms with Crippen molar-refractivity contribution in [3.05, 3.63) is 0 Å². The van der Waals surface area contributed by atoms with Crippen molar-refractivity contribution in [3.8, 4) is 0 Å². The van der Waals surface area contributed by atoms with Gasteiger partial charge < -0.3 is 11.1 Å². The van der Waals surface area contributed by atoms with E-state index >= 15 is 0 Å². The summed E-state index contributed by atoms with van der Waals surface area (Å²) in [5, 5.41) is 3.45. The molecule has 0 spiro atoms. The van der Waals surface area contributed by atoms with E-state index in [9.17, 15) is 4.79 Å². The molecule has 0 aromatic carbocycles. The number of hydrogen-bond acceptors (Lipinski definition) is 2. The zero-order valence-corrected chi connectivity index (χ0v) is 9.31. The van der Waals surface area contributed by atoms with E-state index in [4.69, 9.17) is 5.73 Å². The minimum atomic E-state index is -0.197. The van der Waals surface area contributed by atoms with Crippen LogP contribution in [0.25, 0.3) is 0 Å². The SMILES string of the molecule is CCCNC(C)(CC(N)=O)CC1CC1. The number of rotatable bonds is 7. The van der Waals surface area contributed by atoms with Gasteiger partial charge in [-0.2, -0.15) is 0 Å². The number of nitrogens with one attached hydrogen (secondary N) is 1. The Morgan fingerprint density at radius 3 is 2.64 bits per heavy atom. The number of nitrogens with two attached hydrogens (primary N) is 1. The maximum absolute atomic E-state index is 11.0. The van der Waals surface area contributed by atoms with Crippen LogP contribution in [0.5, 0.6) is 0 Å². The summed E-state index contributed by atoms with van der Waals surface area (Å²) in [6.07, 6.45) is 5.29. The van der Waals surface area contributed by atoms with Crippen LogP contribution in [0, 0.1) is 5.92 Å². The van der Waals surface area contributed by atoms with Crippen molar-refractivity contribution in [2.75, 3.05) is 6.54 Å². The van der Waals surface area contributed by atoms with E-state index in [0.29, 0.717) is 6.42 Å². The van der Waals surface area contributed by atoms with Gasteiger partial charge in [-0.1, -0.05) is 19.8 Å². The van der Waals surface area contributed by atoms with Gasteiger partial charge in [0.2, 0.25) is 5.91 Å². The summed E-state index contributed by atoms with van der Waals surface area (Å²) >= 11 is 0. The third-order valence-corrected chi connectivity index (χ3v) is 2.80. The molecule has 1 aliphatic rings. The first-order valence-electron chi connectivity index (χ1n) is 5.59. The zero-order valence-electron chi connectivity index (χ0n) is 9.31. The van der Waals surface area contributed by atoms with E-state index in [1.54, 1.807) is 0 Å². The highest BCUT2D eigenvalue weighted by molar-refractivity contribution is 5.75. The second kappa shape index (κ2) is 4.78. The van der Waals surface area contributed by atoms with Gasteiger partial charge in [0.1, 0.15) is 0 Å². The Labute approximate surface area is 86.4 Å². The Bertz CT molecular complexity index is 201. The number of carbonyl (C=O) groups is 1. The Kier molecular flexibility index (Phi) is 3.93. The molecule has 82 valence electrons. The first-order valence-corrected chi connectivity index (χ1v) is 5.59. The van der Waals surface area contributed by atoms with Crippen molar-refractivity contribution >= 4 is 5.91 Å². The highest BCUT2D eigenvalue weighted by Crippen LogP contribution is 2.37. The normalized spacial score (nSPS) is 20.4. The molecule has 0 heterocycles. The summed E-state index contributed by atoms with van der Waals surface area (Å²) in [5.74, 6) is 0.625. The van der Waals surface area contributed by atoms with Crippen LogP contribution in [0.1, 0.15) is 46.0 Å². The molecule has 0 saturated heterocycles. The van der Waals surface area contributed by atoms with Crippen molar-refractivity contribution in [2.45, 2.75) is 51.5 Å². The van der Waals surface area contributed by atoms with Crippen LogP contribution in [-0.4, -0.2) is 18.0 Å². The Morgan fingerprint density at radius 1 is 1.57 bits per heavy atom. The molecule has 3 N–H and O–H groups in total. The van der Waals surface area contributed by atoms with Gasteiger partial charge in [0.15, 0.2) is 0 Å². The van der Waals surface area contributed by atoms with E-state index in [1.807, 2.05) is 0 Å². The van der Waals surface area contributed by atoms with E-state index in [0.717, 1.165) is 25.3 Å². The number of amides is 1. The number of carbonyl (C=O) groups excluding carboxylic acids is 1. The molecule has 14 heavy (non-hydrogen) atoms. The third kappa shape index (κ3) is 4.09. The van der Waals surface area contributed by atoms with Crippen LogP contribution >= 0.6 is 0 Å². The van der Waals surface area contributed by atoms with Gasteiger partial charge in [-0.05, 0) is 32.2 Å². The molecule has 3 heteroatoms. The molecule has 0 radical (unpaired) electrons. The summed E-state index contributed by atoms with van der Waals surface area (Å²) in [6.45, 7) is 5.22. The van der Waals surface area contributed by atoms with Gasteiger partial charge in [0.25, 0.3) is 0 Å². The highest BCUT2D eigenvalue weighted by atomic mass is 16.1. The molecule has 0 bridgehead atoms. The second-order valence-electron chi connectivity index (χ2n) is 4.78. The fourth-order valence-electron chi connectivity index (χ4n) is 1.98. The summed E-state index contributed by atoms with van der Waals surface area (Å²) in [4.78, 5) is 11.0. The maximum atomic E-state index is 11.0. The number of primary amides is 1. The molecule has 1 saturated carbocycles. The van der Waals surface area contributed by atoms with E-state index < -0.39 is 0 Å². The molecule has 1 aliphatic carbocycles. The zero-order chi connectivity index (χ0) is 10.6. The molecule has 3 nitrogen and oxygen atoms in total. The molecule has 1 fully saturated rings. The first-order chi connectivity index (χ1) is 6.56. The quantitative estimate of drug-likeness (QED) is 0.650. The lowest BCUT2D eigenvalue weighted by Gasteiger charge is -2.30. The topological polar surface area (TPSA) is 55.1 Å². The lowest BCUT2D eigenvalue weighted by Crippen LogP contribution is -2.46. The Morgan fingerprint density at radius 2 is 2.21 bits per heavy atom. The van der Waals surface area contributed by atoms with Gasteiger partial charge in [-0.15, -0.1) is 0 Å². The molecular formula is C11H22N2O. The van der Waals surface area contributed by atoms with Crippen LogP contribution in [0.4, 0.5) is 0 Å². The van der Waals surface area contributed by atoms with Gasteiger partial charge in [-0.25, -0.2) is 0 Å². The maximum Gasteiger partial charge on any atom is 0.219 e. The van der Waals surface area contributed by atoms with Crippen LogP contribution in [0.15, 0.2) is 0 Å². The monoisotopic (exact) mass is 198 g/mol. The van der Waals surface area contributed by atoms with Gasteiger partial charge in [0, 0.05) is 12.0 Å². The molecule has 0 aromatic heterocycles. The Balaban J connectivity index is 2.42. The van der Waals surface area contributed by atoms with Crippen molar-refractivity contribution in [3.63, 3.8) is 0 Å². The van der Waals surface area contributed by atoms with Crippen molar-refractivity contribution in [2.24, 2.45) is 11.7 Å². The van der Waals surface area contributed by atoms with Crippen LogP contribution in [0.2, 0.25) is 0 Å². The van der Waals surface area contributed by atoms with Crippen molar-refractivity contribution in [1.29, 1.82) is 0 Å². The summed E-state index contributed by atoms with van der Waals surface area (Å²) in [5.41, 5.74) is 5.20. The summed E-state index contributed by atoms with van der Waals surface area (Å²) < 4.78 is 0. The molecule has 0 aromatic rings. The Hall–Kier alpha value is -0.570. The molecule has 1 unspecified atom stereocenters. The molecular weight excluding hydrogens is 176 g/mol. The smallest absolute Gasteiger partial charge is 0.219 e. The largest absolute Gasteiger partial charge is 0.370 e. The predicted molar refractivity (Wildman–Crippen MR) is 57.9 cm³/mol. The lowest BCUT2D eigenvalue weighted by molar-refractivity contribution is -0.119. The average molecular weight is 198 g/mol. The highest BCUT2D eigenvalue weighted by Gasteiger charge is 2.33. The fourth-order valence-corrected chi connectivity index (χ4v) is 1.98. The van der Waals surface area contributed by atoms with Crippen LogP contribution in [-0.2, 0) is 4.79 Å². The predicted octanol–water partition coefficient (Wildman–Crippen LogP) is 1.42. The molecule has 1 amide bonds. The van der Waals surface area contributed by atoms with Gasteiger partial charge in [-0.3, -0.25) is 4.79 Å². The average Bonchev–Trinajstić information content (AvgIpc) is 2.83. The van der Waals surface area contributed by atoms with Crippen LogP contribution < -0.4 is 11.1 Å². The van der Waals surface area contributed by atoms with Gasteiger partial charge in [0.05, 0.1) is 0 Å². The summed E-state index contributed by atoms with van der Waals surface area (Å²) in [6, 6.07) is 0. The van der Waals surface area contributed by atoms with E-state index in [1.165, 1.54) is 12.8 Å². The first kappa shape index (κ1) is 11.5. The minimum absolute atomic E-state index is 0.0665. The molecule has 1 atom stereocenters. The van der Waals surface area contributed by atoms with Crippen molar-refractivity contribution in [1.82, 2.24) is 5.32 Å². The van der Waals surface area contributed by atoms with Gasteiger partial charge >= 0.3 is 0 Å². The van der Waals surface area contributed by atoms with Crippen LogP contribution in [0.3, 0.4) is 0 Å². The standard InChI is InChI=1S/C11H22N2O/c1-3-6-13-11(2,8-10(12)14)7-9-4-5-9/h9,13H,3-8H2,1-2H3,(H2,12,14). The molecule has 0 aliphatic heterocycles.